The number of halogens is 3. The number of rotatable bonds is 10. The zero-order valence-electron chi connectivity index (χ0n) is 22.1. The molecule has 1 fully saturated rings. The zero-order chi connectivity index (χ0) is 29.4. The molecule has 0 bridgehead atoms. The summed E-state index contributed by atoms with van der Waals surface area (Å²) in [6.07, 6.45) is 1.61. The maximum Gasteiger partial charge on any atom is 0.301 e. The highest BCUT2D eigenvalue weighted by molar-refractivity contribution is 14.1. The van der Waals surface area contributed by atoms with E-state index < -0.39 is 27.5 Å². The van der Waals surface area contributed by atoms with E-state index in [1.807, 2.05) is 22.6 Å². The van der Waals surface area contributed by atoms with Gasteiger partial charge in [-0.05, 0) is 72.7 Å². The fourth-order valence-electron chi connectivity index (χ4n) is 3.77. The topological polar surface area (TPSA) is 122 Å². The molecule has 0 spiro atoms. The number of nitrogens with zero attached hydrogens (tertiary/aromatic N) is 2. The van der Waals surface area contributed by atoms with E-state index in [9.17, 15) is 22.4 Å². The normalized spacial score (nSPS) is 13.3. The Hall–Kier alpha value is -2.88. The number of nitrogens with one attached hydrogen (secondary N) is 3. The smallest absolute Gasteiger partial charge is 0.301 e. The second-order valence-electron chi connectivity index (χ2n) is 9.28. The van der Waals surface area contributed by atoms with Crippen LogP contribution in [0.2, 0.25) is 5.02 Å². The van der Waals surface area contributed by atoms with Gasteiger partial charge in [0.15, 0.2) is 5.75 Å². The highest BCUT2D eigenvalue weighted by Gasteiger charge is 2.31. The standard InChI is InChI=1S/C26H28ClFIN5O5S/c1-5-33(3)40(37,38)32-19-7-6-8-20(22(19)27)39-23-14(2)26(36)34(4)24(21(23)25(35)30-16-10-11-16)31-18-12-9-15(29)13-17(18)28/h6-9,12-13,16,31-32H,5,10-11H2,1-4H3,(H,30,35). The Morgan fingerprint density at radius 2 is 1.95 bits per heavy atom. The number of benzene rings is 2. The molecular formula is C26H28ClFIN5O5S. The van der Waals surface area contributed by atoms with Crippen LogP contribution in [0.4, 0.5) is 21.6 Å². The van der Waals surface area contributed by atoms with E-state index in [1.165, 1.54) is 55.9 Å². The number of carbonyl (C=O) groups excluding carboxylic acids is 1. The average Bonchev–Trinajstić information content (AvgIpc) is 3.72. The molecule has 2 aromatic carbocycles. The summed E-state index contributed by atoms with van der Waals surface area (Å²) in [7, 11) is -1.02. The minimum absolute atomic E-state index is 0.00392. The number of carbonyl (C=O) groups is 1. The fraction of sp³-hybridized carbons (Fsp3) is 0.308. The van der Waals surface area contributed by atoms with Crippen molar-refractivity contribution < 1.29 is 22.3 Å². The molecule has 3 aromatic rings. The van der Waals surface area contributed by atoms with Gasteiger partial charge in [-0.1, -0.05) is 24.6 Å². The lowest BCUT2D eigenvalue weighted by atomic mass is 10.1. The summed E-state index contributed by atoms with van der Waals surface area (Å²) < 4.78 is 51.5. The lowest BCUT2D eigenvalue weighted by molar-refractivity contribution is 0.0948. The minimum Gasteiger partial charge on any atom is -0.454 e. The number of aromatic nitrogens is 1. The molecule has 1 amide bonds. The van der Waals surface area contributed by atoms with Crippen molar-refractivity contribution in [1.82, 2.24) is 14.2 Å². The number of ether oxygens (including phenoxy) is 1. The molecule has 14 heteroatoms. The molecule has 0 saturated heterocycles. The van der Waals surface area contributed by atoms with Gasteiger partial charge in [-0.3, -0.25) is 18.9 Å². The maximum absolute atomic E-state index is 14.8. The summed E-state index contributed by atoms with van der Waals surface area (Å²) >= 11 is 8.53. The van der Waals surface area contributed by atoms with Gasteiger partial charge >= 0.3 is 10.2 Å². The molecule has 214 valence electrons. The molecule has 1 aliphatic rings. The number of hydrogen-bond acceptors (Lipinski definition) is 6. The zero-order valence-corrected chi connectivity index (χ0v) is 25.9. The van der Waals surface area contributed by atoms with Crippen LogP contribution in [0.3, 0.4) is 0 Å². The molecule has 1 aliphatic carbocycles. The van der Waals surface area contributed by atoms with E-state index in [4.69, 9.17) is 16.3 Å². The Labute approximate surface area is 250 Å². The van der Waals surface area contributed by atoms with Gasteiger partial charge in [-0.25, -0.2) is 4.39 Å². The van der Waals surface area contributed by atoms with Crippen LogP contribution in [0.25, 0.3) is 0 Å². The van der Waals surface area contributed by atoms with Gasteiger partial charge in [-0.2, -0.15) is 12.7 Å². The quantitative estimate of drug-likeness (QED) is 0.252. The molecule has 40 heavy (non-hydrogen) atoms. The lowest BCUT2D eigenvalue weighted by Crippen LogP contribution is -2.32. The van der Waals surface area contributed by atoms with Crippen molar-refractivity contribution in [1.29, 1.82) is 0 Å². The third kappa shape index (κ3) is 6.37. The summed E-state index contributed by atoms with van der Waals surface area (Å²) in [6, 6.07) is 8.93. The SMILES string of the molecule is CCN(C)S(=O)(=O)Nc1cccc(Oc2c(C(=O)NC3CC3)c(Nc3ccc(I)cc3F)n(C)c(=O)c2C)c1Cl. The summed E-state index contributed by atoms with van der Waals surface area (Å²) in [4.78, 5) is 26.8. The summed E-state index contributed by atoms with van der Waals surface area (Å²) in [5.74, 6) is -1.17. The number of hydrogen-bond donors (Lipinski definition) is 3. The van der Waals surface area contributed by atoms with Crippen LogP contribution in [0, 0.1) is 16.3 Å². The Balaban J connectivity index is 1.85. The summed E-state index contributed by atoms with van der Waals surface area (Å²) in [5, 5.41) is 5.71. The molecule has 10 nitrogen and oxygen atoms in total. The number of anilines is 3. The molecule has 0 radical (unpaired) electrons. The van der Waals surface area contributed by atoms with E-state index >= 15 is 0 Å². The number of amides is 1. The average molecular weight is 704 g/mol. The summed E-state index contributed by atoms with van der Waals surface area (Å²) in [5.41, 5.74) is -0.324. The first-order chi connectivity index (χ1) is 18.8. The highest BCUT2D eigenvalue weighted by Crippen LogP contribution is 2.40. The van der Waals surface area contributed by atoms with E-state index in [-0.39, 0.29) is 57.4 Å². The van der Waals surface area contributed by atoms with Crippen LogP contribution in [0.5, 0.6) is 11.5 Å². The largest absolute Gasteiger partial charge is 0.454 e. The third-order valence-electron chi connectivity index (χ3n) is 6.36. The van der Waals surface area contributed by atoms with Gasteiger partial charge in [0.05, 0.1) is 16.9 Å². The van der Waals surface area contributed by atoms with Crippen LogP contribution in [-0.2, 0) is 17.3 Å². The molecular weight excluding hydrogens is 676 g/mol. The monoisotopic (exact) mass is 703 g/mol. The van der Waals surface area contributed by atoms with Crippen LogP contribution < -0.4 is 25.7 Å². The van der Waals surface area contributed by atoms with Gasteiger partial charge < -0.3 is 15.4 Å². The van der Waals surface area contributed by atoms with E-state index in [0.29, 0.717) is 3.57 Å². The molecule has 0 unspecified atom stereocenters. The van der Waals surface area contributed by atoms with Gasteiger partial charge in [0.2, 0.25) is 0 Å². The molecule has 3 N–H and O–H groups in total. The lowest BCUT2D eigenvalue weighted by Gasteiger charge is -2.22. The Morgan fingerprint density at radius 3 is 2.58 bits per heavy atom. The first-order valence-corrected chi connectivity index (χ1v) is 15.2. The fourth-order valence-corrected chi connectivity index (χ4v) is 5.43. The maximum atomic E-state index is 14.8. The first-order valence-electron chi connectivity index (χ1n) is 12.3. The first kappa shape index (κ1) is 30.1. The molecule has 0 aliphatic heterocycles. The van der Waals surface area contributed by atoms with Crippen LogP contribution in [0.1, 0.15) is 35.7 Å². The highest BCUT2D eigenvalue weighted by atomic mass is 127. The van der Waals surface area contributed by atoms with Crippen LogP contribution in [-0.4, -0.2) is 42.8 Å². The molecule has 4 rings (SSSR count). The van der Waals surface area contributed by atoms with Crippen LogP contribution in [0.15, 0.2) is 41.2 Å². The van der Waals surface area contributed by atoms with Gasteiger partial charge in [0, 0.05) is 30.3 Å². The Kier molecular flexibility index (Phi) is 8.97. The van der Waals surface area contributed by atoms with E-state index in [2.05, 4.69) is 15.4 Å². The van der Waals surface area contributed by atoms with Gasteiger partial charge in [0.25, 0.3) is 11.5 Å². The van der Waals surface area contributed by atoms with Crippen LogP contribution >= 0.6 is 34.2 Å². The van der Waals surface area contributed by atoms with Crippen molar-refractivity contribution in [3.63, 3.8) is 0 Å². The van der Waals surface area contributed by atoms with Gasteiger partial charge in [-0.15, -0.1) is 0 Å². The predicted molar refractivity (Wildman–Crippen MR) is 162 cm³/mol. The van der Waals surface area contributed by atoms with Crippen molar-refractivity contribution in [2.45, 2.75) is 32.7 Å². The molecule has 1 heterocycles. The second kappa shape index (κ2) is 11.9. The minimum atomic E-state index is -3.89. The predicted octanol–water partition coefficient (Wildman–Crippen LogP) is 5.13. The van der Waals surface area contributed by atoms with Crippen molar-refractivity contribution in [3.8, 4) is 11.5 Å². The van der Waals surface area contributed by atoms with Crippen molar-refractivity contribution in [3.05, 3.63) is 72.3 Å². The molecule has 1 saturated carbocycles. The second-order valence-corrected chi connectivity index (χ2v) is 12.7. The van der Waals surface area contributed by atoms with Gasteiger partial charge in [0.1, 0.15) is 28.0 Å². The Morgan fingerprint density at radius 1 is 1.25 bits per heavy atom. The molecule has 1 aromatic heterocycles. The Bertz CT molecular complexity index is 1650. The van der Waals surface area contributed by atoms with Crippen molar-refractivity contribution in [2.75, 3.05) is 23.6 Å². The number of pyridine rings is 1. The molecule has 0 atom stereocenters. The van der Waals surface area contributed by atoms with E-state index in [0.717, 1.165) is 17.1 Å². The third-order valence-corrected chi connectivity index (χ3v) is 8.98. The van der Waals surface area contributed by atoms with Crippen molar-refractivity contribution in [2.24, 2.45) is 7.05 Å². The summed E-state index contributed by atoms with van der Waals surface area (Å²) in [6.45, 7) is 3.41. The van der Waals surface area contributed by atoms with Crippen molar-refractivity contribution >= 4 is 67.5 Å². The van der Waals surface area contributed by atoms with E-state index in [1.54, 1.807) is 13.0 Å².